The molecule has 0 aliphatic carbocycles. The van der Waals surface area contributed by atoms with Gasteiger partial charge in [0, 0.05) is 11.4 Å². The molecule has 0 saturated heterocycles. The molecule has 0 fully saturated rings. The Labute approximate surface area is 95.2 Å². The third-order valence-electron chi connectivity index (χ3n) is 2.35. The normalized spacial score (nSPS) is 9.50. The standard InChI is InChI=1S/C14H12N2/c1-11-2-6-13(7-3-11)16-14-8-4-12(10-15)5-9-14/h2-9,16H,1H3. The van der Waals surface area contributed by atoms with Gasteiger partial charge in [-0.05, 0) is 43.3 Å². The van der Waals surface area contributed by atoms with Crippen molar-refractivity contribution in [3.8, 4) is 6.07 Å². The third kappa shape index (κ3) is 2.40. The van der Waals surface area contributed by atoms with Gasteiger partial charge < -0.3 is 5.32 Å². The zero-order chi connectivity index (χ0) is 11.4. The second kappa shape index (κ2) is 4.50. The molecule has 0 unspecified atom stereocenters. The summed E-state index contributed by atoms with van der Waals surface area (Å²) in [4.78, 5) is 0. The van der Waals surface area contributed by atoms with Crippen LogP contribution in [0.15, 0.2) is 48.5 Å². The van der Waals surface area contributed by atoms with E-state index >= 15 is 0 Å². The summed E-state index contributed by atoms with van der Waals surface area (Å²) in [5.41, 5.74) is 3.96. The Kier molecular flexibility index (Phi) is 2.88. The molecule has 2 nitrogen and oxygen atoms in total. The van der Waals surface area contributed by atoms with Crippen molar-refractivity contribution in [1.82, 2.24) is 0 Å². The van der Waals surface area contributed by atoms with Gasteiger partial charge in [0.2, 0.25) is 0 Å². The van der Waals surface area contributed by atoms with Gasteiger partial charge in [-0.25, -0.2) is 0 Å². The number of nitrogens with one attached hydrogen (secondary N) is 1. The van der Waals surface area contributed by atoms with Crippen LogP contribution in [0.25, 0.3) is 0 Å². The Bertz CT molecular complexity index is 504. The summed E-state index contributed by atoms with van der Waals surface area (Å²) < 4.78 is 0. The molecule has 1 N–H and O–H groups in total. The van der Waals surface area contributed by atoms with Crippen LogP contribution >= 0.6 is 0 Å². The molecule has 78 valence electrons. The SMILES string of the molecule is Cc1ccc(Nc2ccc(C#N)cc2)cc1. The minimum atomic E-state index is 0.675. The molecule has 2 rings (SSSR count). The van der Waals surface area contributed by atoms with Gasteiger partial charge in [0.15, 0.2) is 0 Å². The van der Waals surface area contributed by atoms with E-state index in [4.69, 9.17) is 5.26 Å². The lowest BCUT2D eigenvalue weighted by Gasteiger charge is -2.06. The van der Waals surface area contributed by atoms with Crippen molar-refractivity contribution in [2.45, 2.75) is 6.92 Å². The van der Waals surface area contributed by atoms with E-state index in [1.807, 2.05) is 24.3 Å². The van der Waals surface area contributed by atoms with E-state index < -0.39 is 0 Å². The molecule has 0 amide bonds. The summed E-state index contributed by atoms with van der Waals surface area (Å²) in [6.45, 7) is 2.06. The Morgan fingerprint density at radius 2 is 1.38 bits per heavy atom. The number of aryl methyl sites for hydroxylation is 1. The topological polar surface area (TPSA) is 35.8 Å². The number of anilines is 2. The van der Waals surface area contributed by atoms with E-state index in [9.17, 15) is 0 Å². The molecule has 2 heteroatoms. The van der Waals surface area contributed by atoms with Crippen LogP contribution in [0.1, 0.15) is 11.1 Å². The number of nitrogens with zero attached hydrogens (tertiary/aromatic N) is 1. The highest BCUT2D eigenvalue weighted by Crippen LogP contribution is 2.17. The molecular formula is C14H12N2. The van der Waals surface area contributed by atoms with Crippen LogP contribution < -0.4 is 5.32 Å². The third-order valence-corrected chi connectivity index (χ3v) is 2.35. The molecule has 0 heterocycles. The molecule has 2 aromatic carbocycles. The second-order valence-electron chi connectivity index (χ2n) is 3.68. The van der Waals surface area contributed by atoms with Gasteiger partial charge in [-0.2, -0.15) is 5.26 Å². The van der Waals surface area contributed by atoms with E-state index in [1.165, 1.54) is 5.56 Å². The van der Waals surface area contributed by atoms with E-state index in [0.717, 1.165) is 11.4 Å². The van der Waals surface area contributed by atoms with Crippen LogP contribution in [-0.2, 0) is 0 Å². The fourth-order valence-corrected chi connectivity index (χ4v) is 1.43. The first-order valence-corrected chi connectivity index (χ1v) is 5.12. The molecule has 0 saturated carbocycles. The summed E-state index contributed by atoms with van der Waals surface area (Å²) in [6, 6.07) is 17.7. The number of nitriles is 1. The smallest absolute Gasteiger partial charge is 0.0991 e. The minimum Gasteiger partial charge on any atom is -0.356 e. The Balaban J connectivity index is 2.15. The lowest BCUT2D eigenvalue weighted by atomic mass is 10.2. The maximum Gasteiger partial charge on any atom is 0.0991 e. The maximum atomic E-state index is 8.68. The van der Waals surface area contributed by atoms with Gasteiger partial charge in [-0.1, -0.05) is 17.7 Å². The van der Waals surface area contributed by atoms with E-state index in [-0.39, 0.29) is 0 Å². The number of hydrogen-bond acceptors (Lipinski definition) is 2. The largest absolute Gasteiger partial charge is 0.356 e. The van der Waals surface area contributed by atoms with Crippen LogP contribution in [0, 0.1) is 18.3 Å². The molecule has 0 radical (unpaired) electrons. The van der Waals surface area contributed by atoms with Crippen molar-refractivity contribution in [3.05, 3.63) is 59.7 Å². The van der Waals surface area contributed by atoms with Crippen LogP contribution in [0.3, 0.4) is 0 Å². The van der Waals surface area contributed by atoms with Gasteiger partial charge >= 0.3 is 0 Å². The average molecular weight is 208 g/mol. The van der Waals surface area contributed by atoms with Crippen molar-refractivity contribution >= 4 is 11.4 Å². The molecule has 0 spiro atoms. The van der Waals surface area contributed by atoms with E-state index in [1.54, 1.807) is 12.1 Å². The zero-order valence-corrected chi connectivity index (χ0v) is 9.07. The molecule has 0 bridgehead atoms. The number of rotatable bonds is 2. The van der Waals surface area contributed by atoms with E-state index in [0.29, 0.717) is 5.56 Å². The molecule has 16 heavy (non-hydrogen) atoms. The van der Waals surface area contributed by atoms with Crippen molar-refractivity contribution in [2.24, 2.45) is 0 Å². The number of benzene rings is 2. The first-order valence-electron chi connectivity index (χ1n) is 5.12. The molecule has 0 aliphatic heterocycles. The maximum absolute atomic E-state index is 8.68. The molecule has 0 aliphatic rings. The Hall–Kier alpha value is -2.27. The molecule has 0 atom stereocenters. The van der Waals surface area contributed by atoms with Crippen molar-refractivity contribution in [1.29, 1.82) is 5.26 Å². The fraction of sp³-hybridized carbons (Fsp3) is 0.0714. The Morgan fingerprint density at radius 3 is 1.88 bits per heavy atom. The van der Waals surface area contributed by atoms with Crippen LogP contribution in [0.5, 0.6) is 0 Å². The van der Waals surface area contributed by atoms with Crippen molar-refractivity contribution < 1.29 is 0 Å². The zero-order valence-electron chi connectivity index (χ0n) is 9.07. The van der Waals surface area contributed by atoms with Crippen LogP contribution in [-0.4, -0.2) is 0 Å². The highest BCUT2D eigenvalue weighted by Gasteiger charge is 1.94. The number of hydrogen-bond donors (Lipinski definition) is 1. The minimum absolute atomic E-state index is 0.675. The second-order valence-corrected chi connectivity index (χ2v) is 3.68. The first kappa shape index (κ1) is 10.3. The highest BCUT2D eigenvalue weighted by atomic mass is 14.9. The highest BCUT2D eigenvalue weighted by molar-refractivity contribution is 5.60. The van der Waals surface area contributed by atoms with Crippen LogP contribution in [0.4, 0.5) is 11.4 Å². The summed E-state index contributed by atoms with van der Waals surface area (Å²) in [7, 11) is 0. The lowest BCUT2D eigenvalue weighted by molar-refractivity contribution is 1.45. The fourth-order valence-electron chi connectivity index (χ4n) is 1.43. The van der Waals surface area contributed by atoms with Gasteiger partial charge in [-0.3, -0.25) is 0 Å². The summed E-state index contributed by atoms with van der Waals surface area (Å²) in [5.74, 6) is 0. The molecule has 0 aromatic heterocycles. The monoisotopic (exact) mass is 208 g/mol. The van der Waals surface area contributed by atoms with Gasteiger partial charge in [-0.15, -0.1) is 0 Å². The predicted octanol–water partition coefficient (Wildman–Crippen LogP) is 3.61. The predicted molar refractivity (Wildman–Crippen MR) is 65.6 cm³/mol. The quantitative estimate of drug-likeness (QED) is 0.818. The molecular weight excluding hydrogens is 196 g/mol. The van der Waals surface area contributed by atoms with Crippen molar-refractivity contribution in [3.63, 3.8) is 0 Å². The summed E-state index contributed by atoms with van der Waals surface area (Å²) in [6.07, 6.45) is 0. The Morgan fingerprint density at radius 1 is 0.875 bits per heavy atom. The first-order chi connectivity index (χ1) is 7.78. The summed E-state index contributed by atoms with van der Waals surface area (Å²) >= 11 is 0. The average Bonchev–Trinajstić information content (AvgIpc) is 2.33. The molecule has 2 aromatic rings. The van der Waals surface area contributed by atoms with Gasteiger partial charge in [0.1, 0.15) is 0 Å². The van der Waals surface area contributed by atoms with Crippen LogP contribution in [0.2, 0.25) is 0 Å². The van der Waals surface area contributed by atoms with Gasteiger partial charge in [0.05, 0.1) is 11.6 Å². The van der Waals surface area contributed by atoms with E-state index in [2.05, 4.69) is 30.4 Å². The summed E-state index contributed by atoms with van der Waals surface area (Å²) in [5, 5.41) is 12.0. The van der Waals surface area contributed by atoms with Gasteiger partial charge in [0.25, 0.3) is 0 Å². The lowest BCUT2D eigenvalue weighted by Crippen LogP contribution is -1.89. The van der Waals surface area contributed by atoms with Crippen molar-refractivity contribution in [2.75, 3.05) is 5.32 Å².